The van der Waals surface area contributed by atoms with Crippen molar-refractivity contribution < 1.29 is 4.79 Å². The maximum Gasteiger partial charge on any atom is 0.244 e. The van der Waals surface area contributed by atoms with Crippen molar-refractivity contribution in [1.82, 2.24) is 14.9 Å². The van der Waals surface area contributed by atoms with Crippen LogP contribution in [0.4, 0.5) is 23.3 Å². The van der Waals surface area contributed by atoms with Gasteiger partial charge in [0.2, 0.25) is 11.9 Å². The van der Waals surface area contributed by atoms with Crippen LogP contribution in [0.2, 0.25) is 0 Å². The van der Waals surface area contributed by atoms with Crippen LogP contribution in [-0.4, -0.2) is 53.5 Å². The van der Waals surface area contributed by atoms with Crippen LogP contribution in [0.3, 0.4) is 0 Å². The molecule has 2 aliphatic heterocycles. The quantitative estimate of drug-likeness (QED) is 0.651. The van der Waals surface area contributed by atoms with Gasteiger partial charge in [-0.05, 0) is 49.9 Å². The smallest absolute Gasteiger partial charge is 0.244 e. The molecule has 0 atom stereocenters. The molecule has 1 amide bonds. The standard InChI is InChI=1S/C22H29N7O/c1-23-20-19-21(27-22(26-20)24-17-7-8-17)29(14-18(30)25-19)13-16-6-4-5-15(11-16)12-28-9-2-3-10-28/h4-6,11,17H,2-3,7-10,12-14H2,1H3,(H,25,30)(H2,23,24,26,27). The van der Waals surface area contributed by atoms with Crippen LogP contribution in [0.1, 0.15) is 36.8 Å². The van der Waals surface area contributed by atoms with Gasteiger partial charge in [0.05, 0.1) is 6.54 Å². The maximum absolute atomic E-state index is 12.4. The summed E-state index contributed by atoms with van der Waals surface area (Å²) in [5.74, 6) is 1.98. The molecule has 2 fully saturated rings. The highest BCUT2D eigenvalue weighted by atomic mass is 16.2. The van der Waals surface area contributed by atoms with E-state index in [9.17, 15) is 4.79 Å². The monoisotopic (exact) mass is 407 g/mol. The molecule has 1 saturated heterocycles. The number of hydrogen-bond donors (Lipinski definition) is 3. The second-order valence-electron chi connectivity index (χ2n) is 8.47. The molecule has 1 aromatic carbocycles. The molecule has 8 nitrogen and oxygen atoms in total. The van der Waals surface area contributed by atoms with Gasteiger partial charge in [0.1, 0.15) is 5.69 Å². The molecule has 1 aromatic heterocycles. The van der Waals surface area contributed by atoms with Gasteiger partial charge in [-0.1, -0.05) is 24.3 Å². The van der Waals surface area contributed by atoms with Crippen LogP contribution in [0.5, 0.6) is 0 Å². The zero-order valence-corrected chi connectivity index (χ0v) is 17.4. The molecule has 8 heteroatoms. The number of carbonyl (C=O) groups excluding carboxylic acids is 1. The van der Waals surface area contributed by atoms with E-state index in [2.05, 4.69) is 50.1 Å². The fourth-order valence-electron chi connectivity index (χ4n) is 4.25. The molecule has 2 aromatic rings. The Hall–Kier alpha value is -2.87. The lowest BCUT2D eigenvalue weighted by Crippen LogP contribution is -2.39. The van der Waals surface area contributed by atoms with Gasteiger partial charge < -0.3 is 20.9 Å². The van der Waals surface area contributed by atoms with E-state index >= 15 is 0 Å². The first-order chi connectivity index (χ1) is 14.7. The summed E-state index contributed by atoms with van der Waals surface area (Å²) >= 11 is 0. The molecule has 0 radical (unpaired) electrons. The van der Waals surface area contributed by atoms with Crippen LogP contribution in [-0.2, 0) is 17.9 Å². The SMILES string of the molecule is CNc1nc(NC2CC2)nc2c1NC(=O)CN2Cc1cccc(CN2CCCC2)c1. The van der Waals surface area contributed by atoms with Crippen LogP contribution >= 0.6 is 0 Å². The summed E-state index contributed by atoms with van der Waals surface area (Å²) < 4.78 is 0. The Morgan fingerprint density at radius 1 is 1.13 bits per heavy atom. The lowest BCUT2D eigenvalue weighted by atomic mass is 10.1. The zero-order chi connectivity index (χ0) is 20.5. The summed E-state index contributed by atoms with van der Waals surface area (Å²) in [6.07, 6.45) is 4.90. The first-order valence-corrected chi connectivity index (χ1v) is 10.9. The first kappa shape index (κ1) is 19.1. The van der Waals surface area contributed by atoms with E-state index < -0.39 is 0 Å². The van der Waals surface area contributed by atoms with Gasteiger partial charge in [-0.3, -0.25) is 9.69 Å². The normalized spacial score (nSPS) is 18.8. The molecule has 3 heterocycles. The van der Waals surface area contributed by atoms with Gasteiger partial charge in [0, 0.05) is 26.2 Å². The summed E-state index contributed by atoms with van der Waals surface area (Å²) in [4.78, 5) is 26.3. The van der Waals surface area contributed by atoms with Crippen LogP contribution in [0.25, 0.3) is 0 Å². The third-order valence-electron chi connectivity index (χ3n) is 5.91. The molecule has 3 aliphatic rings. The molecule has 5 rings (SSSR count). The third kappa shape index (κ3) is 4.18. The number of amides is 1. The van der Waals surface area contributed by atoms with E-state index in [-0.39, 0.29) is 12.5 Å². The number of fused-ring (bicyclic) bond motifs is 1. The number of hydrogen-bond acceptors (Lipinski definition) is 7. The molecule has 30 heavy (non-hydrogen) atoms. The number of carbonyl (C=O) groups is 1. The minimum absolute atomic E-state index is 0.0428. The number of likely N-dealkylation sites (tertiary alicyclic amines) is 1. The van der Waals surface area contributed by atoms with E-state index in [0.29, 0.717) is 30.0 Å². The van der Waals surface area contributed by atoms with E-state index in [4.69, 9.17) is 4.98 Å². The number of benzene rings is 1. The fourth-order valence-corrected chi connectivity index (χ4v) is 4.25. The second-order valence-corrected chi connectivity index (χ2v) is 8.47. The average Bonchev–Trinajstić information content (AvgIpc) is 3.40. The topological polar surface area (TPSA) is 85.4 Å². The lowest BCUT2D eigenvalue weighted by molar-refractivity contribution is -0.115. The second kappa shape index (κ2) is 8.10. The Kier molecular flexibility index (Phi) is 5.16. The highest BCUT2D eigenvalue weighted by molar-refractivity contribution is 6.03. The fraction of sp³-hybridized carbons (Fsp3) is 0.500. The molecule has 158 valence electrons. The Bertz CT molecular complexity index is 937. The molecular formula is C22H29N7O. The molecule has 3 N–H and O–H groups in total. The van der Waals surface area contributed by atoms with Crippen LogP contribution < -0.4 is 20.9 Å². The minimum Gasteiger partial charge on any atom is -0.371 e. The number of nitrogens with zero attached hydrogens (tertiary/aromatic N) is 4. The Morgan fingerprint density at radius 2 is 1.90 bits per heavy atom. The number of aromatic nitrogens is 2. The van der Waals surface area contributed by atoms with Crippen molar-refractivity contribution in [3.05, 3.63) is 35.4 Å². The van der Waals surface area contributed by atoms with Crippen LogP contribution in [0.15, 0.2) is 24.3 Å². The summed E-state index contributed by atoms with van der Waals surface area (Å²) in [6.45, 7) is 4.28. The average molecular weight is 408 g/mol. The van der Waals surface area contributed by atoms with Gasteiger partial charge in [-0.2, -0.15) is 9.97 Å². The van der Waals surface area contributed by atoms with Crippen molar-refractivity contribution in [1.29, 1.82) is 0 Å². The molecule has 0 unspecified atom stereocenters. The zero-order valence-electron chi connectivity index (χ0n) is 17.4. The largest absolute Gasteiger partial charge is 0.371 e. The van der Waals surface area contributed by atoms with Crippen molar-refractivity contribution in [2.24, 2.45) is 0 Å². The molecule has 0 bridgehead atoms. The molecular weight excluding hydrogens is 378 g/mol. The van der Waals surface area contributed by atoms with E-state index in [0.717, 1.165) is 25.2 Å². The van der Waals surface area contributed by atoms with Gasteiger partial charge in [0.15, 0.2) is 11.6 Å². The van der Waals surface area contributed by atoms with Crippen molar-refractivity contribution in [3.8, 4) is 0 Å². The van der Waals surface area contributed by atoms with Crippen molar-refractivity contribution in [3.63, 3.8) is 0 Å². The van der Waals surface area contributed by atoms with Gasteiger partial charge in [0.25, 0.3) is 0 Å². The predicted molar refractivity (Wildman–Crippen MR) is 119 cm³/mol. The molecule has 1 aliphatic carbocycles. The highest BCUT2D eigenvalue weighted by Gasteiger charge is 2.29. The van der Waals surface area contributed by atoms with Gasteiger partial charge >= 0.3 is 0 Å². The van der Waals surface area contributed by atoms with Crippen molar-refractivity contribution in [2.75, 3.05) is 47.5 Å². The molecule has 1 saturated carbocycles. The highest BCUT2D eigenvalue weighted by Crippen LogP contribution is 2.36. The van der Waals surface area contributed by atoms with Gasteiger partial charge in [-0.25, -0.2) is 0 Å². The third-order valence-corrected chi connectivity index (χ3v) is 5.91. The predicted octanol–water partition coefficient (Wildman–Crippen LogP) is 2.65. The summed E-state index contributed by atoms with van der Waals surface area (Å²) in [5.41, 5.74) is 3.17. The van der Waals surface area contributed by atoms with E-state index in [1.807, 2.05) is 11.9 Å². The Labute approximate surface area is 177 Å². The number of rotatable bonds is 7. The summed E-state index contributed by atoms with van der Waals surface area (Å²) in [6, 6.07) is 9.15. The van der Waals surface area contributed by atoms with E-state index in [1.54, 1.807) is 0 Å². The lowest BCUT2D eigenvalue weighted by Gasteiger charge is -2.31. The molecule has 0 spiro atoms. The minimum atomic E-state index is -0.0428. The Balaban J connectivity index is 1.40. The van der Waals surface area contributed by atoms with E-state index in [1.165, 1.54) is 37.1 Å². The number of nitrogens with one attached hydrogen (secondary N) is 3. The van der Waals surface area contributed by atoms with Gasteiger partial charge in [-0.15, -0.1) is 0 Å². The van der Waals surface area contributed by atoms with Crippen molar-refractivity contribution in [2.45, 2.75) is 44.8 Å². The summed E-state index contributed by atoms with van der Waals surface area (Å²) in [5, 5.41) is 9.43. The van der Waals surface area contributed by atoms with Crippen molar-refractivity contribution >= 4 is 29.2 Å². The number of anilines is 4. The summed E-state index contributed by atoms with van der Waals surface area (Å²) in [7, 11) is 1.82. The first-order valence-electron chi connectivity index (χ1n) is 10.9. The maximum atomic E-state index is 12.4. The van der Waals surface area contributed by atoms with Crippen LogP contribution in [0, 0.1) is 0 Å². The Morgan fingerprint density at radius 3 is 2.63 bits per heavy atom.